The van der Waals surface area contributed by atoms with Gasteiger partial charge in [0, 0.05) is 0 Å². The van der Waals surface area contributed by atoms with Gasteiger partial charge in [0.15, 0.2) is 0 Å². The van der Waals surface area contributed by atoms with E-state index in [1.54, 1.807) is 24.3 Å². The molecule has 0 fully saturated rings. The first-order valence-corrected chi connectivity index (χ1v) is 9.22. The average Bonchev–Trinajstić information content (AvgIpc) is 2.73. The third-order valence-corrected chi connectivity index (χ3v) is 5.49. The number of halogens is 4. The maximum Gasteiger partial charge on any atom is 0.122 e. The minimum Gasteiger partial charge on any atom is -0.210 e. The molecule has 4 rings (SSSR count). The Morgan fingerprint density at radius 1 is 0.345 bits per heavy atom. The Bertz CT molecular complexity index is 985. The summed E-state index contributed by atoms with van der Waals surface area (Å²) in [6.45, 7) is 0. The summed E-state index contributed by atoms with van der Waals surface area (Å²) in [7, 11) is 0. The quantitative estimate of drug-likeness (QED) is 0.368. The number of rotatable bonds is 4. The zero-order chi connectivity index (χ0) is 20.4. The molecule has 0 aliphatic carbocycles. The van der Waals surface area contributed by atoms with Crippen molar-refractivity contribution in [3.05, 3.63) is 120 Å². The minimum absolute atomic E-state index is 0.0211. The SMILES string of the molecule is Fc1ccccc1[B-](c1ccccc1F)(c1ccccc1F)c1ccccc1F. The molecule has 0 radical (unpaired) electrons. The Hall–Kier alpha value is -3.34. The highest BCUT2D eigenvalue weighted by Crippen LogP contribution is 2.16. The summed E-state index contributed by atoms with van der Waals surface area (Å²) < 4.78 is 60.7. The topological polar surface area (TPSA) is 0 Å². The van der Waals surface area contributed by atoms with Crippen molar-refractivity contribution in [2.45, 2.75) is 0 Å². The maximum absolute atomic E-state index is 15.2. The van der Waals surface area contributed by atoms with Crippen LogP contribution in [0, 0.1) is 23.3 Å². The van der Waals surface area contributed by atoms with Crippen molar-refractivity contribution in [3.63, 3.8) is 0 Å². The molecule has 0 N–H and O–H groups in total. The molecule has 5 heteroatoms. The van der Waals surface area contributed by atoms with Gasteiger partial charge in [-0.1, -0.05) is 72.8 Å². The molecule has 0 unspecified atom stereocenters. The van der Waals surface area contributed by atoms with Gasteiger partial charge >= 0.3 is 0 Å². The lowest BCUT2D eigenvalue weighted by atomic mass is 9.12. The molecule has 0 spiro atoms. The molecular weight excluding hydrogens is 375 g/mol. The van der Waals surface area contributed by atoms with Crippen LogP contribution in [-0.4, -0.2) is 6.15 Å². The highest BCUT2D eigenvalue weighted by atomic mass is 19.1. The van der Waals surface area contributed by atoms with Crippen molar-refractivity contribution >= 4 is 28.0 Å². The second-order valence-electron chi connectivity index (χ2n) is 6.95. The first kappa shape index (κ1) is 19.0. The molecule has 0 amide bonds. The van der Waals surface area contributed by atoms with Gasteiger partial charge in [-0.25, -0.2) is 17.6 Å². The standard InChI is InChI=1S/C24H16BF4/c26-21-13-5-1-9-17(21)25(18-10-2-6-14-22(18)27,19-11-3-7-15-23(19)28)20-12-4-8-16-24(20)29/h1-16H/q-1. The van der Waals surface area contributed by atoms with E-state index in [1.165, 1.54) is 72.8 Å². The molecule has 0 bridgehead atoms. The zero-order valence-electron chi connectivity index (χ0n) is 15.3. The van der Waals surface area contributed by atoms with Crippen molar-refractivity contribution in [1.29, 1.82) is 0 Å². The third-order valence-electron chi connectivity index (χ3n) is 5.49. The van der Waals surface area contributed by atoms with Gasteiger partial charge in [0.2, 0.25) is 0 Å². The summed E-state index contributed by atoms with van der Waals surface area (Å²) >= 11 is 0. The monoisotopic (exact) mass is 391 g/mol. The van der Waals surface area contributed by atoms with Gasteiger partial charge < -0.3 is 0 Å². The van der Waals surface area contributed by atoms with E-state index in [0.29, 0.717) is 0 Å². The van der Waals surface area contributed by atoms with Crippen LogP contribution >= 0.6 is 0 Å². The maximum atomic E-state index is 15.2. The van der Waals surface area contributed by atoms with Crippen molar-refractivity contribution in [3.8, 4) is 0 Å². The zero-order valence-corrected chi connectivity index (χ0v) is 15.3. The second kappa shape index (κ2) is 7.59. The van der Waals surface area contributed by atoms with Crippen molar-refractivity contribution in [2.24, 2.45) is 0 Å². The van der Waals surface area contributed by atoms with E-state index in [-0.39, 0.29) is 21.9 Å². The molecule has 0 heterocycles. The lowest BCUT2D eigenvalue weighted by molar-refractivity contribution is 0.627. The van der Waals surface area contributed by atoms with Gasteiger partial charge in [0.1, 0.15) is 6.15 Å². The molecule has 144 valence electrons. The first-order valence-electron chi connectivity index (χ1n) is 9.22. The van der Waals surface area contributed by atoms with Crippen LogP contribution in [0.2, 0.25) is 0 Å². The average molecular weight is 391 g/mol. The highest BCUT2D eigenvalue weighted by Gasteiger charge is 2.38. The first-order chi connectivity index (χ1) is 14.1. The van der Waals surface area contributed by atoms with Crippen LogP contribution < -0.4 is 21.9 Å². The summed E-state index contributed by atoms with van der Waals surface area (Å²) in [6.07, 6.45) is -2.82. The molecule has 0 aromatic heterocycles. The van der Waals surface area contributed by atoms with Gasteiger partial charge in [-0.2, -0.15) is 21.9 Å². The van der Waals surface area contributed by atoms with Crippen LogP contribution in [-0.2, 0) is 0 Å². The van der Waals surface area contributed by atoms with Gasteiger partial charge in [-0.05, 0) is 24.3 Å². The summed E-state index contributed by atoms with van der Waals surface area (Å²) in [5, 5.41) is 0. The molecule has 29 heavy (non-hydrogen) atoms. The lowest BCUT2D eigenvalue weighted by Gasteiger charge is -2.44. The third kappa shape index (κ3) is 3.03. The van der Waals surface area contributed by atoms with E-state index < -0.39 is 29.4 Å². The van der Waals surface area contributed by atoms with E-state index in [1.807, 2.05) is 0 Å². The predicted octanol–water partition coefficient (Wildman–Crippen LogP) is 3.62. The Balaban J connectivity index is 2.28. The molecule has 0 saturated heterocycles. The summed E-state index contributed by atoms with van der Waals surface area (Å²) in [6, 6.07) is 23.0. The van der Waals surface area contributed by atoms with Gasteiger partial charge in [-0.15, -0.1) is 0 Å². The van der Waals surface area contributed by atoms with Crippen LogP contribution in [0.15, 0.2) is 97.1 Å². The molecule has 4 aromatic rings. The largest absolute Gasteiger partial charge is 0.210 e. The predicted molar refractivity (Wildman–Crippen MR) is 110 cm³/mol. The fourth-order valence-corrected chi connectivity index (χ4v) is 4.31. The van der Waals surface area contributed by atoms with Crippen LogP contribution in [0.3, 0.4) is 0 Å². The number of hydrogen-bond acceptors (Lipinski definition) is 0. The smallest absolute Gasteiger partial charge is 0.122 e. The van der Waals surface area contributed by atoms with E-state index >= 15 is 17.6 Å². The molecule has 0 nitrogen and oxygen atoms in total. The fraction of sp³-hybridized carbons (Fsp3) is 0. The van der Waals surface area contributed by atoms with E-state index in [4.69, 9.17) is 0 Å². The van der Waals surface area contributed by atoms with Gasteiger partial charge in [-0.3, -0.25) is 0 Å². The van der Waals surface area contributed by atoms with Crippen LogP contribution in [0.5, 0.6) is 0 Å². The molecule has 4 aromatic carbocycles. The Labute approximate surface area is 166 Å². The Morgan fingerprint density at radius 3 is 0.759 bits per heavy atom. The van der Waals surface area contributed by atoms with E-state index in [0.717, 1.165) is 0 Å². The molecule has 0 atom stereocenters. The summed E-state index contributed by atoms with van der Waals surface area (Å²) in [4.78, 5) is 0. The van der Waals surface area contributed by atoms with Crippen molar-refractivity contribution in [2.75, 3.05) is 0 Å². The summed E-state index contributed by atoms with van der Waals surface area (Å²) in [5.41, 5.74) is 0.0844. The Morgan fingerprint density at radius 2 is 0.552 bits per heavy atom. The second-order valence-corrected chi connectivity index (χ2v) is 6.95. The van der Waals surface area contributed by atoms with Crippen molar-refractivity contribution < 1.29 is 17.6 Å². The minimum atomic E-state index is -2.82. The molecular formula is C24H16BF4-. The van der Waals surface area contributed by atoms with E-state index in [2.05, 4.69) is 0 Å². The number of hydrogen-bond donors (Lipinski definition) is 0. The summed E-state index contributed by atoms with van der Waals surface area (Å²) in [5.74, 6) is -2.66. The van der Waals surface area contributed by atoms with Gasteiger partial charge in [0.05, 0.1) is 23.3 Å². The van der Waals surface area contributed by atoms with E-state index in [9.17, 15) is 0 Å². The van der Waals surface area contributed by atoms with Crippen LogP contribution in [0.4, 0.5) is 17.6 Å². The lowest BCUT2D eigenvalue weighted by Crippen LogP contribution is -2.77. The van der Waals surface area contributed by atoms with Crippen LogP contribution in [0.25, 0.3) is 0 Å². The van der Waals surface area contributed by atoms with Crippen molar-refractivity contribution in [1.82, 2.24) is 0 Å². The fourth-order valence-electron chi connectivity index (χ4n) is 4.31. The highest BCUT2D eigenvalue weighted by molar-refractivity contribution is 7.20. The van der Waals surface area contributed by atoms with Gasteiger partial charge in [0.25, 0.3) is 0 Å². The molecule has 0 aliphatic heterocycles. The van der Waals surface area contributed by atoms with Crippen LogP contribution in [0.1, 0.15) is 0 Å². The normalized spacial score (nSPS) is 11.4. The molecule has 0 saturated carbocycles. The number of benzene rings is 4. The Kier molecular flexibility index (Phi) is 4.97. The molecule has 0 aliphatic rings.